The lowest BCUT2D eigenvalue weighted by molar-refractivity contribution is -0.0335. The summed E-state index contributed by atoms with van der Waals surface area (Å²) in [5.41, 5.74) is -0.0288. The molecule has 17 heavy (non-hydrogen) atoms. The summed E-state index contributed by atoms with van der Waals surface area (Å²) in [7, 11) is 0. The van der Waals surface area contributed by atoms with Gasteiger partial charge in [-0.1, -0.05) is 37.0 Å². The molecule has 0 aromatic heterocycles. The quantitative estimate of drug-likeness (QED) is 0.790. The highest BCUT2D eigenvalue weighted by Crippen LogP contribution is 2.45. The predicted octanol–water partition coefficient (Wildman–Crippen LogP) is 4.64. The van der Waals surface area contributed by atoms with E-state index in [1.807, 2.05) is 0 Å². The molecule has 1 fully saturated rings. The van der Waals surface area contributed by atoms with E-state index in [4.69, 9.17) is 23.2 Å². The number of rotatable bonds is 1. The van der Waals surface area contributed by atoms with Gasteiger partial charge in [-0.2, -0.15) is 0 Å². The van der Waals surface area contributed by atoms with Crippen LogP contribution in [0.25, 0.3) is 0 Å². The molecule has 1 aromatic rings. The van der Waals surface area contributed by atoms with Crippen LogP contribution in [0, 0.1) is 11.8 Å². The van der Waals surface area contributed by atoms with Gasteiger partial charge in [0.1, 0.15) is 0 Å². The Bertz CT molecular complexity index is 419. The standard InChI is InChI=1S/C14H18Cl2O/c1-9-5-6-14(17,8-10(9)2)12-7-11(15)3-4-13(12)16/h3-4,7,9-10,17H,5-6,8H2,1-2H3. The van der Waals surface area contributed by atoms with Crippen LogP contribution in [0.15, 0.2) is 18.2 Å². The first-order valence-electron chi connectivity index (χ1n) is 6.10. The molecule has 1 aliphatic carbocycles. The molecule has 0 radical (unpaired) electrons. The fourth-order valence-electron chi connectivity index (χ4n) is 2.69. The van der Waals surface area contributed by atoms with Crippen molar-refractivity contribution in [2.24, 2.45) is 11.8 Å². The molecule has 3 heteroatoms. The zero-order chi connectivity index (χ0) is 12.6. The molecule has 2 rings (SSSR count). The lowest BCUT2D eigenvalue weighted by Crippen LogP contribution is -2.35. The molecule has 94 valence electrons. The summed E-state index contributed by atoms with van der Waals surface area (Å²) in [6.45, 7) is 4.43. The Hall–Kier alpha value is -0.240. The van der Waals surface area contributed by atoms with Crippen LogP contribution < -0.4 is 0 Å². The van der Waals surface area contributed by atoms with Gasteiger partial charge in [0, 0.05) is 15.6 Å². The molecule has 0 amide bonds. The monoisotopic (exact) mass is 272 g/mol. The van der Waals surface area contributed by atoms with E-state index >= 15 is 0 Å². The molecule has 0 saturated heterocycles. The van der Waals surface area contributed by atoms with E-state index in [1.165, 1.54) is 0 Å². The van der Waals surface area contributed by atoms with E-state index in [9.17, 15) is 5.11 Å². The first-order chi connectivity index (χ1) is 7.92. The zero-order valence-corrected chi connectivity index (χ0v) is 11.7. The van der Waals surface area contributed by atoms with E-state index in [2.05, 4.69) is 13.8 Å². The Balaban J connectivity index is 2.35. The van der Waals surface area contributed by atoms with Crippen molar-refractivity contribution in [2.75, 3.05) is 0 Å². The van der Waals surface area contributed by atoms with Crippen LogP contribution in [0.4, 0.5) is 0 Å². The van der Waals surface area contributed by atoms with Crippen molar-refractivity contribution in [1.82, 2.24) is 0 Å². The van der Waals surface area contributed by atoms with Crippen molar-refractivity contribution in [2.45, 2.75) is 38.7 Å². The predicted molar refractivity (Wildman–Crippen MR) is 72.5 cm³/mol. The van der Waals surface area contributed by atoms with Gasteiger partial charge >= 0.3 is 0 Å². The fourth-order valence-corrected chi connectivity index (χ4v) is 3.15. The summed E-state index contributed by atoms with van der Waals surface area (Å²) in [4.78, 5) is 0. The molecular weight excluding hydrogens is 255 g/mol. The minimum Gasteiger partial charge on any atom is -0.385 e. The summed E-state index contributed by atoms with van der Waals surface area (Å²) in [6, 6.07) is 5.32. The van der Waals surface area contributed by atoms with Crippen molar-refractivity contribution < 1.29 is 5.11 Å². The van der Waals surface area contributed by atoms with Crippen LogP contribution >= 0.6 is 23.2 Å². The van der Waals surface area contributed by atoms with Gasteiger partial charge in [0.2, 0.25) is 0 Å². The summed E-state index contributed by atoms with van der Waals surface area (Å²) in [5.74, 6) is 1.16. The fraction of sp³-hybridized carbons (Fsp3) is 0.571. The average Bonchev–Trinajstić information content (AvgIpc) is 2.27. The molecule has 1 N–H and O–H groups in total. The van der Waals surface area contributed by atoms with Gasteiger partial charge in [-0.3, -0.25) is 0 Å². The van der Waals surface area contributed by atoms with E-state index in [1.54, 1.807) is 18.2 Å². The minimum absolute atomic E-state index is 0.504. The first kappa shape index (κ1) is 13.2. The lowest BCUT2D eigenvalue weighted by Gasteiger charge is -2.39. The van der Waals surface area contributed by atoms with Gasteiger partial charge in [-0.05, 0) is 49.3 Å². The highest BCUT2D eigenvalue weighted by Gasteiger charge is 2.38. The molecular formula is C14H18Cl2O. The van der Waals surface area contributed by atoms with E-state index in [0.29, 0.717) is 21.9 Å². The van der Waals surface area contributed by atoms with Gasteiger partial charge in [0.05, 0.1) is 5.60 Å². The van der Waals surface area contributed by atoms with Crippen LogP contribution in [-0.2, 0) is 5.60 Å². The van der Waals surface area contributed by atoms with Crippen LogP contribution in [0.3, 0.4) is 0 Å². The Morgan fingerprint density at radius 3 is 2.59 bits per heavy atom. The number of halogens is 2. The zero-order valence-electron chi connectivity index (χ0n) is 10.2. The third-order valence-electron chi connectivity index (χ3n) is 4.07. The summed E-state index contributed by atoms with van der Waals surface area (Å²) in [5, 5.41) is 12.0. The summed E-state index contributed by atoms with van der Waals surface area (Å²) >= 11 is 12.2. The second-order valence-corrected chi connectivity index (χ2v) is 6.20. The van der Waals surface area contributed by atoms with Crippen LogP contribution in [-0.4, -0.2) is 5.11 Å². The van der Waals surface area contributed by atoms with Crippen LogP contribution in [0.5, 0.6) is 0 Å². The topological polar surface area (TPSA) is 20.2 Å². The highest BCUT2D eigenvalue weighted by atomic mass is 35.5. The van der Waals surface area contributed by atoms with Gasteiger partial charge in [-0.25, -0.2) is 0 Å². The van der Waals surface area contributed by atoms with Gasteiger partial charge in [0.25, 0.3) is 0 Å². The Labute approximate surface area is 113 Å². The Morgan fingerprint density at radius 2 is 1.94 bits per heavy atom. The van der Waals surface area contributed by atoms with Crippen molar-refractivity contribution in [1.29, 1.82) is 0 Å². The molecule has 1 aromatic carbocycles. The van der Waals surface area contributed by atoms with E-state index in [-0.39, 0.29) is 0 Å². The third kappa shape index (κ3) is 2.62. The minimum atomic E-state index is -0.812. The smallest absolute Gasteiger partial charge is 0.0914 e. The largest absolute Gasteiger partial charge is 0.385 e. The summed E-state index contributed by atoms with van der Waals surface area (Å²) in [6.07, 6.45) is 2.55. The molecule has 1 nitrogen and oxygen atoms in total. The molecule has 0 bridgehead atoms. The molecule has 0 spiro atoms. The maximum atomic E-state index is 10.8. The molecule has 3 unspecified atom stereocenters. The van der Waals surface area contributed by atoms with Crippen molar-refractivity contribution >= 4 is 23.2 Å². The number of hydrogen-bond donors (Lipinski definition) is 1. The first-order valence-corrected chi connectivity index (χ1v) is 6.86. The molecule has 0 heterocycles. The molecule has 3 atom stereocenters. The SMILES string of the molecule is CC1CCC(O)(c2cc(Cl)ccc2Cl)CC1C. The van der Waals surface area contributed by atoms with Crippen molar-refractivity contribution in [3.05, 3.63) is 33.8 Å². The maximum absolute atomic E-state index is 10.8. The number of aliphatic hydroxyl groups is 1. The molecule has 0 aliphatic heterocycles. The Morgan fingerprint density at radius 1 is 1.24 bits per heavy atom. The second kappa shape index (κ2) is 4.79. The normalized spacial score (nSPS) is 33.7. The van der Waals surface area contributed by atoms with Crippen molar-refractivity contribution in [3.8, 4) is 0 Å². The number of hydrogen-bond acceptors (Lipinski definition) is 1. The number of benzene rings is 1. The average molecular weight is 273 g/mol. The van der Waals surface area contributed by atoms with E-state index in [0.717, 1.165) is 24.8 Å². The maximum Gasteiger partial charge on any atom is 0.0914 e. The molecule has 1 saturated carbocycles. The highest BCUT2D eigenvalue weighted by molar-refractivity contribution is 6.33. The van der Waals surface area contributed by atoms with Crippen LogP contribution in [0.1, 0.15) is 38.7 Å². The molecule has 1 aliphatic rings. The van der Waals surface area contributed by atoms with Crippen molar-refractivity contribution in [3.63, 3.8) is 0 Å². The third-order valence-corrected chi connectivity index (χ3v) is 4.64. The lowest BCUT2D eigenvalue weighted by atomic mass is 9.70. The van der Waals surface area contributed by atoms with Gasteiger partial charge in [-0.15, -0.1) is 0 Å². The van der Waals surface area contributed by atoms with Gasteiger partial charge < -0.3 is 5.11 Å². The Kier molecular flexibility index (Phi) is 3.72. The second-order valence-electron chi connectivity index (χ2n) is 5.35. The van der Waals surface area contributed by atoms with Gasteiger partial charge in [0.15, 0.2) is 0 Å². The van der Waals surface area contributed by atoms with E-state index < -0.39 is 5.60 Å². The summed E-state index contributed by atoms with van der Waals surface area (Å²) < 4.78 is 0. The van der Waals surface area contributed by atoms with Crippen LogP contribution in [0.2, 0.25) is 10.0 Å².